The van der Waals surface area contributed by atoms with Gasteiger partial charge in [-0.25, -0.2) is 4.79 Å². The van der Waals surface area contributed by atoms with Gasteiger partial charge in [0.25, 0.3) is 0 Å². The second-order valence-electron chi connectivity index (χ2n) is 8.47. The number of rotatable bonds is 5. The maximum Gasteiger partial charge on any atom is 0.338 e. The molecule has 6 nitrogen and oxygen atoms in total. The van der Waals surface area contributed by atoms with Gasteiger partial charge in [-0.05, 0) is 56.4 Å². The van der Waals surface area contributed by atoms with Crippen LogP contribution in [0.5, 0.6) is 0 Å². The van der Waals surface area contributed by atoms with Gasteiger partial charge in [-0.3, -0.25) is 19.3 Å². The molecule has 2 aromatic rings. The summed E-state index contributed by atoms with van der Waals surface area (Å²) in [6.45, 7) is 3.65. The van der Waals surface area contributed by atoms with E-state index in [1.165, 1.54) is 24.0 Å². The molecule has 31 heavy (non-hydrogen) atoms. The number of amides is 2. The molecule has 0 bridgehead atoms. The molecular formula is C25H25NO5. The summed E-state index contributed by atoms with van der Waals surface area (Å²) in [5.74, 6) is -1.27. The zero-order valence-electron chi connectivity index (χ0n) is 17.6. The first-order valence-electron chi connectivity index (χ1n) is 10.6. The van der Waals surface area contributed by atoms with Crippen molar-refractivity contribution in [2.75, 3.05) is 4.90 Å². The minimum Gasteiger partial charge on any atom is -0.451 e. The predicted molar refractivity (Wildman–Crippen MR) is 115 cm³/mol. The number of ether oxygens (including phenoxy) is 1. The van der Waals surface area contributed by atoms with Crippen LogP contribution < -0.4 is 4.90 Å². The maximum absolute atomic E-state index is 12.8. The molecule has 4 atom stereocenters. The van der Waals surface area contributed by atoms with Crippen molar-refractivity contribution in [2.24, 2.45) is 17.8 Å². The van der Waals surface area contributed by atoms with Crippen LogP contribution in [0, 0.1) is 17.8 Å². The summed E-state index contributed by atoms with van der Waals surface area (Å²) in [4.78, 5) is 51.8. The molecule has 2 aromatic carbocycles. The second kappa shape index (κ2) is 8.46. The second-order valence-corrected chi connectivity index (χ2v) is 8.47. The van der Waals surface area contributed by atoms with Gasteiger partial charge in [0.05, 0.1) is 23.1 Å². The summed E-state index contributed by atoms with van der Waals surface area (Å²) in [7, 11) is 0. The fourth-order valence-electron chi connectivity index (χ4n) is 4.51. The fourth-order valence-corrected chi connectivity index (χ4v) is 4.51. The Morgan fingerprint density at radius 1 is 0.903 bits per heavy atom. The number of fused-ring (bicyclic) bond motifs is 1. The summed E-state index contributed by atoms with van der Waals surface area (Å²) < 4.78 is 5.31. The lowest BCUT2D eigenvalue weighted by Crippen LogP contribution is -2.31. The zero-order chi connectivity index (χ0) is 22.1. The lowest BCUT2D eigenvalue weighted by molar-refractivity contribution is -0.122. The molecule has 2 aliphatic rings. The Hall–Kier alpha value is -3.28. The Morgan fingerprint density at radius 2 is 1.55 bits per heavy atom. The number of carbonyl (C=O) groups is 4. The highest BCUT2D eigenvalue weighted by molar-refractivity contribution is 6.22. The van der Waals surface area contributed by atoms with E-state index in [4.69, 9.17) is 4.74 Å². The standard InChI is InChI=1S/C25H25NO5/c1-15-8-13-20-21(14-15)24(29)26(23(20)28)19-11-9-18(10-12-19)25(30)31-16(2)22(27)17-6-4-3-5-7-17/h3-7,9-12,15-16,20-21H,8,13-14H2,1-2H3. The van der Waals surface area contributed by atoms with Crippen molar-refractivity contribution < 1.29 is 23.9 Å². The van der Waals surface area contributed by atoms with Crippen LogP contribution in [0.4, 0.5) is 5.69 Å². The first-order chi connectivity index (χ1) is 14.9. The predicted octanol–water partition coefficient (Wildman–Crippen LogP) is 4.04. The number of hydrogen-bond acceptors (Lipinski definition) is 5. The van der Waals surface area contributed by atoms with E-state index in [1.54, 1.807) is 42.5 Å². The highest BCUT2D eigenvalue weighted by Crippen LogP contribution is 2.42. The van der Waals surface area contributed by atoms with E-state index in [2.05, 4.69) is 6.92 Å². The van der Waals surface area contributed by atoms with Gasteiger partial charge in [-0.15, -0.1) is 0 Å². The number of anilines is 1. The number of imide groups is 1. The molecule has 4 rings (SSSR count). The van der Waals surface area contributed by atoms with Crippen LogP contribution in [0.15, 0.2) is 54.6 Å². The molecule has 0 spiro atoms. The smallest absolute Gasteiger partial charge is 0.338 e. The number of benzene rings is 2. The van der Waals surface area contributed by atoms with E-state index in [0.29, 0.717) is 17.2 Å². The normalized spacial score (nSPS) is 23.9. The van der Waals surface area contributed by atoms with Gasteiger partial charge in [0.2, 0.25) is 17.6 Å². The lowest BCUT2D eigenvalue weighted by Gasteiger charge is -2.25. The van der Waals surface area contributed by atoms with Crippen LogP contribution in [-0.4, -0.2) is 29.7 Å². The van der Waals surface area contributed by atoms with Crippen LogP contribution in [0.1, 0.15) is 53.8 Å². The minimum atomic E-state index is -0.929. The first kappa shape index (κ1) is 21.0. The van der Waals surface area contributed by atoms with Crippen LogP contribution in [0.3, 0.4) is 0 Å². The van der Waals surface area contributed by atoms with Crippen molar-refractivity contribution in [3.05, 3.63) is 65.7 Å². The average Bonchev–Trinajstić information content (AvgIpc) is 3.03. The monoisotopic (exact) mass is 419 g/mol. The average molecular weight is 419 g/mol. The number of ketones is 1. The first-order valence-corrected chi connectivity index (χ1v) is 10.6. The Morgan fingerprint density at radius 3 is 2.23 bits per heavy atom. The molecule has 1 saturated carbocycles. The Labute approximate surface area is 181 Å². The van der Waals surface area contributed by atoms with E-state index >= 15 is 0 Å². The molecule has 0 aromatic heterocycles. The van der Waals surface area contributed by atoms with Gasteiger partial charge in [-0.1, -0.05) is 37.3 Å². The molecule has 2 amide bonds. The van der Waals surface area contributed by atoms with E-state index in [9.17, 15) is 19.2 Å². The van der Waals surface area contributed by atoms with Gasteiger partial charge in [0.1, 0.15) is 0 Å². The zero-order valence-corrected chi connectivity index (χ0v) is 17.6. The van der Waals surface area contributed by atoms with Gasteiger partial charge < -0.3 is 4.74 Å². The number of Topliss-reactive ketones (excluding diaryl/α,β-unsaturated/α-hetero) is 1. The molecule has 1 aliphatic heterocycles. The highest BCUT2D eigenvalue weighted by Gasteiger charge is 2.49. The van der Waals surface area contributed by atoms with Crippen LogP contribution in [-0.2, 0) is 14.3 Å². The van der Waals surface area contributed by atoms with E-state index < -0.39 is 12.1 Å². The van der Waals surface area contributed by atoms with Crippen molar-refractivity contribution >= 4 is 29.3 Å². The van der Waals surface area contributed by atoms with E-state index in [1.807, 2.05) is 0 Å². The number of nitrogens with zero attached hydrogens (tertiary/aromatic N) is 1. The van der Waals surface area contributed by atoms with E-state index in [-0.39, 0.29) is 35.0 Å². The Balaban J connectivity index is 1.44. The van der Waals surface area contributed by atoms with Crippen molar-refractivity contribution in [1.82, 2.24) is 0 Å². The summed E-state index contributed by atoms with van der Waals surface area (Å²) in [5, 5.41) is 0. The van der Waals surface area contributed by atoms with Gasteiger partial charge in [0.15, 0.2) is 6.10 Å². The van der Waals surface area contributed by atoms with Gasteiger partial charge >= 0.3 is 5.97 Å². The SMILES string of the molecule is CC1CCC2C(=O)N(c3ccc(C(=O)OC(C)C(=O)c4ccccc4)cc3)C(=O)C2C1. The van der Waals surface area contributed by atoms with E-state index in [0.717, 1.165) is 19.3 Å². The minimum absolute atomic E-state index is 0.153. The third kappa shape index (κ3) is 4.02. The van der Waals surface area contributed by atoms with Crippen LogP contribution in [0.2, 0.25) is 0 Å². The van der Waals surface area contributed by atoms with Crippen LogP contribution >= 0.6 is 0 Å². The summed E-state index contributed by atoms with van der Waals surface area (Å²) in [6, 6.07) is 14.8. The molecular weight excluding hydrogens is 394 g/mol. The molecule has 1 aliphatic carbocycles. The van der Waals surface area contributed by atoms with Crippen LogP contribution in [0.25, 0.3) is 0 Å². The van der Waals surface area contributed by atoms with Crippen molar-refractivity contribution in [3.8, 4) is 0 Å². The maximum atomic E-state index is 12.8. The lowest BCUT2D eigenvalue weighted by atomic mass is 9.76. The number of hydrogen-bond donors (Lipinski definition) is 0. The third-order valence-electron chi connectivity index (χ3n) is 6.26. The molecule has 2 fully saturated rings. The summed E-state index contributed by atoms with van der Waals surface area (Å²) >= 11 is 0. The molecule has 0 radical (unpaired) electrons. The third-order valence-corrected chi connectivity index (χ3v) is 6.26. The quantitative estimate of drug-likeness (QED) is 0.415. The number of carbonyl (C=O) groups excluding carboxylic acids is 4. The van der Waals surface area contributed by atoms with Crippen molar-refractivity contribution in [1.29, 1.82) is 0 Å². The molecule has 6 heteroatoms. The molecule has 0 N–H and O–H groups in total. The highest BCUT2D eigenvalue weighted by atomic mass is 16.5. The Kier molecular flexibility index (Phi) is 5.72. The van der Waals surface area contributed by atoms with Gasteiger partial charge in [-0.2, -0.15) is 0 Å². The molecule has 1 heterocycles. The Bertz CT molecular complexity index is 1010. The largest absolute Gasteiger partial charge is 0.451 e. The topological polar surface area (TPSA) is 80.8 Å². The molecule has 160 valence electrons. The van der Waals surface area contributed by atoms with Gasteiger partial charge in [0, 0.05) is 5.56 Å². The fraction of sp³-hybridized carbons (Fsp3) is 0.360. The molecule has 4 unspecified atom stereocenters. The van der Waals surface area contributed by atoms with Crippen molar-refractivity contribution in [3.63, 3.8) is 0 Å². The summed E-state index contributed by atoms with van der Waals surface area (Å²) in [6.07, 6.45) is 1.51. The molecule has 1 saturated heterocycles. The van der Waals surface area contributed by atoms with Crippen molar-refractivity contribution in [2.45, 2.75) is 39.2 Å². The number of esters is 1. The summed E-state index contributed by atoms with van der Waals surface area (Å²) in [5.41, 5.74) is 1.18.